The third-order valence-corrected chi connectivity index (χ3v) is 2.82. The van der Waals surface area contributed by atoms with Crippen molar-refractivity contribution in [1.29, 1.82) is 0 Å². The first-order chi connectivity index (χ1) is 4.63. The summed E-state index contributed by atoms with van der Waals surface area (Å²) in [4.78, 5) is 2.48. The highest BCUT2D eigenvalue weighted by Crippen LogP contribution is 2.27. The molecule has 2 atom stereocenters. The maximum atomic E-state index is 4.51. The summed E-state index contributed by atoms with van der Waals surface area (Å²) in [6, 6.07) is 1.39. The molecule has 1 aliphatic rings. The van der Waals surface area contributed by atoms with Crippen LogP contribution in [0, 0.1) is 0 Å². The van der Waals surface area contributed by atoms with E-state index in [1.807, 2.05) is 0 Å². The molecular formula is C8H17NS. The fourth-order valence-electron chi connectivity index (χ4n) is 1.84. The third-order valence-electron chi connectivity index (χ3n) is 2.29. The van der Waals surface area contributed by atoms with Crippen LogP contribution in [0.5, 0.6) is 0 Å². The molecule has 60 valence electrons. The number of nitrogens with zero attached hydrogens (tertiary/aromatic N) is 1. The molecule has 1 nitrogen and oxygen atoms in total. The van der Waals surface area contributed by atoms with Gasteiger partial charge in [0, 0.05) is 12.1 Å². The quantitative estimate of drug-likeness (QED) is 0.574. The summed E-state index contributed by atoms with van der Waals surface area (Å²) in [5.74, 6) is 0. The largest absolute Gasteiger partial charge is 0.287 e. The van der Waals surface area contributed by atoms with Gasteiger partial charge in [0.05, 0.1) is 5.37 Å². The summed E-state index contributed by atoms with van der Waals surface area (Å²) >= 11 is 4.51. The average molecular weight is 159 g/mol. The minimum Gasteiger partial charge on any atom is -0.287 e. The van der Waals surface area contributed by atoms with Crippen LogP contribution < -0.4 is 0 Å². The monoisotopic (exact) mass is 159 g/mol. The molecule has 0 N–H and O–H groups in total. The Morgan fingerprint density at radius 1 is 1.40 bits per heavy atom. The van der Waals surface area contributed by atoms with Crippen LogP contribution in [0.4, 0.5) is 0 Å². The average Bonchev–Trinajstić information content (AvgIpc) is 2.11. The van der Waals surface area contributed by atoms with Crippen molar-refractivity contribution in [2.24, 2.45) is 0 Å². The lowest BCUT2D eigenvalue weighted by atomic mass is 10.2. The molecule has 0 aromatic carbocycles. The van der Waals surface area contributed by atoms with Crippen LogP contribution in [0.25, 0.3) is 0 Å². The lowest BCUT2D eigenvalue weighted by molar-refractivity contribution is 0.201. The van der Waals surface area contributed by atoms with Crippen molar-refractivity contribution < 1.29 is 0 Å². The Morgan fingerprint density at radius 3 is 2.20 bits per heavy atom. The predicted molar refractivity (Wildman–Crippen MR) is 48.4 cm³/mol. The second kappa shape index (κ2) is 3.14. The molecule has 0 saturated carbocycles. The smallest absolute Gasteiger partial charge is 0.0533 e. The standard InChI is InChI=1S/C8H17NS/c1-6(2)9-7(3)4-5-8(9)10/h6-8,10H,4-5H2,1-3H3. The van der Waals surface area contributed by atoms with Crippen LogP contribution in [-0.4, -0.2) is 22.4 Å². The minimum absolute atomic E-state index is 0.509. The number of hydrogen-bond acceptors (Lipinski definition) is 2. The molecule has 1 aliphatic heterocycles. The van der Waals surface area contributed by atoms with Crippen molar-refractivity contribution in [1.82, 2.24) is 4.90 Å². The predicted octanol–water partition coefficient (Wildman–Crippen LogP) is 2.14. The zero-order valence-corrected chi connectivity index (χ0v) is 7.94. The molecule has 10 heavy (non-hydrogen) atoms. The summed E-state index contributed by atoms with van der Waals surface area (Å²) < 4.78 is 0. The van der Waals surface area contributed by atoms with E-state index in [4.69, 9.17) is 0 Å². The molecule has 0 aliphatic carbocycles. The summed E-state index contributed by atoms with van der Waals surface area (Å²) in [6.45, 7) is 6.77. The SMILES string of the molecule is CC(C)N1C(C)CCC1S. The number of likely N-dealkylation sites (tertiary alicyclic amines) is 1. The number of hydrogen-bond donors (Lipinski definition) is 1. The molecule has 1 rings (SSSR count). The fraction of sp³-hybridized carbons (Fsp3) is 1.00. The Morgan fingerprint density at radius 2 is 2.00 bits per heavy atom. The Hall–Kier alpha value is 0.310. The van der Waals surface area contributed by atoms with E-state index < -0.39 is 0 Å². The first-order valence-corrected chi connectivity index (χ1v) is 4.60. The highest BCUT2D eigenvalue weighted by molar-refractivity contribution is 7.80. The van der Waals surface area contributed by atoms with Gasteiger partial charge < -0.3 is 0 Å². The van der Waals surface area contributed by atoms with E-state index in [2.05, 4.69) is 38.3 Å². The normalized spacial score (nSPS) is 35.7. The molecule has 0 aromatic rings. The van der Waals surface area contributed by atoms with Gasteiger partial charge in [-0.05, 0) is 33.6 Å². The van der Waals surface area contributed by atoms with Crippen molar-refractivity contribution >= 4 is 12.6 Å². The molecule has 0 radical (unpaired) electrons. The van der Waals surface area contributed by atoms with Crippen molar-refractivity contribution in [2.45, 2.75) is 51.1 Å². The van der Waals surface area contributed by atoms with E-state index in [9.17, 15) is 0 Å². The molecule has 2 heteroatoms. The van der Waals surface area contributed by atoms with E-state index >= 15 is 0 Å². The van der Waals surface area contributed by atoms with Gasteiger partial charge in [-0.1, -0.05) is 0 Å². The van der Waals surface area contributed by atoms with Gasteiger partial charge in [-0.25, -0.2) is 0 Å². The molecule has 0 aromatic heterocycles. The Kier molecular flexibility index (Phi) is 2.64. The van der Waals surface area contributed by atoms with Crippen LogP contribution >= 0.6 is 12.6 Å². The second-order valence-corrected chi connectivity index (χ2v) is 4.04. The first kappa shape index (κ1) is 8.41. The Labute approximate surface area is 69.2 Å². The van der Waals surface area contributed by atoms with Crippen LogP contribution in [0.2, 0.25) is 0 Å². The van der Waals surface area contributed by atoms with Crippen LogP contribution in [0.15, 0.2) is 0 Å². The third kappa shape index (κ3) is 1.48. The molecule has 0 bridgehead atoms. The topological polar surface area (TPSA) is 3.24 Å². The lowest BCUT2D eigenvalue weighted by Gasteiger charge is -2.29. The van der Waals surface area contributed by atoms with Crippen LogP contribution in [0.1, 0.15) is 33.6 Å². The van der Waals surface area contributed by atoms with Crippen molar-refractivity contribution in [3.05, 3.63) is 0 Å². The number of thiol groups is 1. The van der Waals surface area contributed by atoms with Crippen LogP contribution in [-0.2, 0) is 0 Å². The highest BCUT2D eigenvalue weighted by atomic mass is 32.1. The van der Waals surface area contributed by atoms with Gasteiger partial charge in [0.25, 0.3) is 0 Å². The zero-order valence-electron chi connectivity index (χ0n) is 7.04. The summed E-state index contributed by atoms with van der Waals surface area (Å²) in [5.41, 5.74) is 0. The lowest BCUT2D eigenvalue weighted by Crippen LogP contribution is -2.37. The Balaban J connectivity index is 2.54. The van der Waals surface area contributed by atoms with E-state index in [1.54, 1.807) is 0 Å². The zero-order chi connectivity index (χ0) is 7.72. The van der Waals surface area contributed by atoms with Gasteiger partial charge in [0.15, 0.2) is 0 Å². The molecule has 2 unspecified atom stereocenters. The van der Waals surface area contributed by atoms with Gasteiger partial charge in [-0.2, -0.15) is 12.6 Å². The van der Waals surface area contributed by atoms with E-state index in [1.165, 1.54) is 12.8 Å². The number of rotatable bonds is 1. The first-order valence-electron chi connectivity index (χ1n) is 4.08. The highest BCUT2D eigenvalue weighted by Gasteiger charge is 2.29. The minimum atomic E-state index is 0.509. The molecular weight excluding hydrogens is 142 g/mol. The summed E-state index contributed by atoms with van der Waals surface area (Å²) in [7, 11) is 0. The molecule has 1 fully saturated rings. The van der Waals surface area contributed by atoms with Crippen molar-refractivity contribution in [3.63, 3.8) is 0 Å². The van der Waals surface area contributed by atoms with Crippen molar-refractivity contribution in [2.75, 3.05) is 0 Å². The van der Waals surface area contributed by atoms with E-state index in [-0.39, 0.29) is 0 Å². The fourth-order valence-corrected chi connectivity index (χ4v) is 2.48. The molecule has 0 spiro atoms. The second-order valence-electron chi connectivity index (χ2n) is 3.45. The van der Waals surface area contributed by atoms with Crippen molar-refractivity contribution in [3.8, 4) is 0 Å². The van der Waals surface area contributed by atoms with Gasteiger partial charge >= 0.3 is 0 Å². The Bertz CT molecular complexity index is 104. The molecule has 0 amide bonds. The maximum absolute atomic E-state index is 4.51. The van der Waals surface area contributed by atoms with Gasteiger partial charge in [0.2, 0.25) is 0 Å². The van der Waals surface area contributed by atoms with Gasteiger partial charge in [-0.15, -0.1) is 0 Å². The maximum Gasteiger partial charge on any atom is 0.0533 e. The van der Waals surface area contributed by atoms with Gasteiger partial charge in [0.1, 0.15) is 0 Å². The summed E-state index contributed by atoms with van der Waals surface area (Å²) in [5, 5.41) is 0.509. The van der Waals surface area contributed by atoms with E-state index in [0.29, 0.717) is 11.4 Å². The molecule has 1 heterocycles. The summed E-state index contributed by atoms with van der Waals surface area (Å²) in [6.07, 6.45) is 2.56. The van der Waals surface area contributed by atoms with E-state index in [0.717, 1.165) is 6.04 Å². The van der Waals surface area contributed by atoms with Gasteiger partial charge in [-0.3, -0.25) is 4.90 Å². The van der Waals surface area contributed by atoms with Crippen LogP contribution in [0.3, 0.4) is 0 Å². The molecule has 1 saturated heterocycles.